The number of aliphatic hydroxyl groups excluding tert-OH is 1. The lowest BCUT2D eigenvalue weighted by Crippen LogP contribution is -2.26. The number of fused-ring (bicyclic) bond motifs is 1. The van der Waals surface area contributed by atoms with Crippen LogP contribution in [-0.4, -0.2) is 21.4 Å². The Bertz CT molecular complexity index is 828. The van der Waals surface area contributed by atoms with Gasteiger partial charge in [0.1, 0.15) is 11.7 Å². The van der Waals surface area contributed by atoms with Crippen molar-refractivity contribution in [1.82, 2.24) is 4.57 Å². The molecule has 0 spiro atoms. The first-order valence-electron chi connectivity index (χ1n) is 7.41. The van der Waals surface area contributed by atoms with Crippen LogP contribution in [0.2, 0.25) is 0 Å². The van der Waals surface area contributed by atoms with Gasteiger partial charge in [0, 0.05) is 22.0 Å². The summed E-state index contributed by atoms with van der Waals surface area (Å²) in [6, 6.07) is 11.3. The summed E-state index contributed by atoms with van der Waals surface area (Å²) in [5, 5.41) is 13.4. The molecular formula is C18H19NO3S. The van der Waals surface area contributed by atoms with Gasteiger partial charge in [0.15, 0.2) is 0 Å². The summed E-state index contributed by atoms with van der Waals surface area (Å²) < 4.78 is 6.93. The normalized spacial score (nSPS) is 13.2. The number of aliphatic hydroxyl groups is 1. The summed E-state index contributed by atoms with van der Waals surface area (Å²) in [5.74, 6) is 0. The summed E-state index contributed by atoms with van der Waals surface area (Å²) in [4.78, 5) is 13.3. The van der Waals surface area contributed by atoms with E-state index in [1.54, 1.807) is 6.20 Å². The quantitative estimate of drug-likeness (QED) is 0.749. The number of thiophene rings is 1. The molecule has 3 aromatic rings. The van der Waals surface area contributed by atoms with Crippen LogP contribution in [0, 0.1) is 0 Å². The second-order valence-corrected chi connectivity index (χ2v) is 7.35. The Morgan fingerprint density at radius 3 is 2.61 bits per heavy atom. The number of rotatable bonds is 2. The van der Waals surface area contributed by atoms with Crippen LogP contribution in [0.1, 0.15) is 37.3 Å². The van der Waals surface area contributed by atoms with Crippen molar-refractivity contribution in [3.63, 3.8) is 0 Å². The van der Waals surface area contributed by atoms with Crippen LogP contribution in [0.15, 0.2) is 48.0 Å². The molecule has 0 aliphatic rings. The van der Waals surface area contributed by atoms with Gasteiger partial charge in [-0.2, -0.15) is 0 Å². The predicted octanol–water partition coefficient (Wildman–Crippen LogP) is 4.57. The van der Waals surface area contributed by atoms with Crippen molar-refractivity contribution >= 4 is 28.3 Å². The van der Waals surface area contributed by atoms with E-state index < -0.39 is 17.8 Å². The van der Waals surface area contributed by atoms with Crippen molar-refractivity contribution in [2.24, 2.45) is 0 Å². The standard InChI is InChI=1S/C18H19NO3S/c1-18(2,3)22-17(21)19-11-13(12-7-4-5-8-14(12)19)16(20)15-9-6-10-23-15/h4-11,16,20H,1-3H3/t16-/m0/s1. The van der Waals surface area contributed by atoms with Gasteiger partial charge in [-0.3, -0.25) is 4.57 Å². The maximum atomic E-state index is 12.5. The molecule has 23 heavy (non-hydrogen) atoms. The SMILES string of the molecule is CC(C)(C)OC(=O)n1cc([C@H](O)c2cccs2)c2ccccc21. The molecular weight excluding hydrogens is 310 g/mol. The van der Waals surface area contributed by atoms with E-state index in [1.807, 2.05) is 62.5 Å². The Balaban J connectivity index is 2.09. The molecule has 0 saturated carbocycles. The van der Waals surface area contributed by atoms with E-state index in [1.165, 1.54) is 15.9 Å². The monoisotopic (exact) mass is 329 g/mol. The number of carbonyl (C=O) groups excluding carboxylic acids is 1. The van der Waals surface area contributed by atoms with E-state index in [4.69, 9.17) is 4.74 Å². The number of para-hydroxylation sites is 1. The maximum absolute atomic E-state index is 12.5. The average molecular weight is 329 g/mol. The van der Waals surface area contributed by atoms with Gasteiger partial charge >= 0.3 is 6.09 Å². The van der Waals surface area contributed by atoms with Crippen LogP contribution >= 0.6 is 11.3 Å². The highest BCUT2D eigenvalue weighted by Gasteiger charge is 2.23. The van der Waals surface area contributed by atoms with E-state index >= 15 is 0 Å². The first kappa shape index (κ1) is 15.8. The zero-order valence-corrected chi connectivity index (χ0v) is 14.1. The summed E-state index contributed by atoms with van der Waals surface area (Å²) in [6.45, 7) is 5.49. The predicted molar refractivity (Wildman–Crippen MR) is 92.0 cm³/mol. The second kappa shape index (κ2) is 5.83. The maximum Gasteiger partial charge on any atom is 0.419 e. The van der Waals surface area contributed by atoms with Crippen molar-refractivity contribution in [2.75, 3.05) is 0 Å². The molecule has 1 aromatic carbocycles. The number of carbonyl (C=O) groups is 1. The van der Waals surface area contributed by atoms with E-state index in [2.05, 4.69) is 0 Å². The Hall–Kier alpha value is -2.11. The largest absolute Gasteiger partial charge is 0.443 e. The first-order chi connectivity index (χ1) is 10.9. The van der Waals surface area contributed by atoms with Gasteiger partial charge in [-0.05, 0) is 38.3 Å². The van der Waals surface area contributed by atoms with E-state index in [-0.39, 0.29) is 0 Å². The summed E-state index contributed by atoms with van der Waals surface area (Å²) in [5.41, 5.74) is 0.857. The first-order valence-corrected chi connectivity index (χ1v) is 8.29. The number of ether oxygens (including phenoxy) is 1. The molecule has 0 fully saturated rings. The summed E-state index contributed by atoms with van der Waals surface area (Å²) >= 11 is 1.49. The van der Waals surface area contributed by atoms with E-state index in [0.29, 0.717) is 5.56 Å². The third-order valence-electron chi connectivity index (χ3n) is 3.44. The average Bonchev–Trinajstić information content (AvgIpc) is 3.13. The van der Waals surface area contributed by atoms with Gasteiger partial charge in [-0.1, -0.05) is 24.3 Å². The van der Waals surface area contributed by atoms with Crippen molar-refractivity contribution in [3.8, 4) is 0 Å². The number of aromatic nitrogens is 1. The van der Waals surface area contributed by atoms with Crippen LogP contribution in [0.25, 0.3) is 10.9 Å². The molecule has 4 nitrogen and oxygen atoms in total. The van der Waals surface area contributed by atoms with E-state index in [0.717, 1.165) is 15.8 Å². The minimum absolute atomic E-state index is 0.446. The summed E-state index contributed by atoms with van der Waals surface area (Å²) in [6.07, 6.45) is 0.463. The van der Waals surface area contributed by atoms with Gasteiger partial charge < -0.3 is 9.84 Å². The molecule has 5 heteroatoms. The Morgan fingerprint density at radius 2 is 1.96 bits per heavy atom. The number of hydrogen-bond acceptors (Lipinski definition) is 4. The lowest BCUT2D eigenvalue weighted by molar-refractivity contribution is 0.0544. The molecule has 3 rings (SSSR count). The van der Waals surface area contributed by atoms with Crippen molar-refractivity contribution < 1.29 is 14.6 Å². The molecule has 0 aliphatic carbocycles. The number of nitrogens with zero attached hydrogens (tertiary/aromatic N) is 1. The molecule has 0 unspecified atom stereocenters. The molecule has 0 saturated heterocycles. The minimum atomic E-state index is -0.761. The lowest BCUT2D eigenvalue weighted by Gasteiger charge is -2.19. The van der Waals surface area contributed by atoms with Gasteiger partial charge in [0.25, 0.3) is 0 Å². The molecule has 1 atom stereocenters. The fraction of sp³-hybridized carbons (Fsp3) is 0.278. The molecule has 0 amide bonds. The van der Waals surface area contributed by atoms with Crippen molar-refractivity contribution in [1.29, 1.82) is 0 Å². The number of hydrogen-bond donors (Lipinski definition) is 1. The van der Waals surface area contributed by atoms with Crippen LogP contribution in [0.3, 0.4) is 0 Å². The fourth-order valence-corrected chi connectivity index (χ4v) is 3.21. The lowest BCUT2D eigenvalue weighted by atomic mass is 10.1. The van der Waals surface area contributed by atoms with Gasteiger partial charge in [-0.15, -0.1) is 11.3 Å². The van der Waals surface area contributed by atoms with Crippen LogP contribution in [0.4, 0.5) is 4.79 Å². The van der Waals surface area contributed by atoms with Gasteiger partial charge in [0.05, 0.1) is 5.52 Å². The molecule has 120 valence electrons. The molecule has 0 bridgehead atoms. The van der Waals surface area contributed by atoms with Crippen molar-refractivity contribution in [2.45, 2.75) is 32.5 Å². The molecule has 2 aromatic heterocycles. The third-order valence-corrected chi connectivity index (χ3v) is 4.36. The molecule has 2 heterocycles. The highest BCUT2D eigenvalue weighted by Crippen LogP contribution is 2.32. The number of benzene rings is 1. The fourth-order valence-electron chi connectivity index (χ4n) is 2.49. The van der Waals surface area contributed by atoms with Gasteiger partial charge in [0.2, 0.25) is 0 Å². The zero-order valence-electron chi connectivity index (χ0n) is 13.3. The Labute approximate surface area is 138 Å². The highest BCUT2D eigenvalue weighted by molar-refractivity contribution is 7.10. The van der Waals surface area contributed by atoms with Crippen LogP contribution in [-0.2, 0) is 4.74 Å². The van der Waals surface area contributed by atoms with Crippen LogP contribution in [0.5, 0.6) is 0 Å². The minimum Gasteiger partial charge on any atom is -0.443 e. The topological polar surface area (TPSA) is 51.5 Å². The zero-order chi connectivity index (χ0) is 16.6. The van der Waals surface area contributed by atoms with Crippen molar-refractivity contribution in [3.05, 3.63) is 58.4 Å². The van der Waals surface area contributed by atoms with E-state index in [9.17, 15) is 9.90 Å². The molecule has 1 N–H and O–H groups in total. The summed E-state index contributed by atoms with van der Waals surface area (Å²) in [7, 11) is 0. The third kappa shape index (κ3) is 3.16. The highest BCUT2D eigenvalue weighted by atomic mass is 32.1. The van der Waals surface area contributed by atoms with Gasteiger partial charge in [-0.25, -0.2) is 4.79 Å². The molecule has 0 aliphatic heterocycles. The Morgan fingerprint density at radius 1 is 1.22 bits per heavy atom. The Kier molecular flexibility index (Phi) is 4.00. The molecule has 0 radical (unpaired) electrons. The second-order valence-electron chi connectivity index (χ2n) is 6.37. The smallest absolute Gasteiger partial charge is 0.419 e. The van der Waals surface area contributed by atoms with Crippen LogP contribution < -0.4 is 0 Å².